The van der Waals surface area contributed by atoms with Crippen molar-refractivity contribution in [1.29, 1.82) is 0 Å². The molecule has 4 aromatic carbocycles. The highest BCUT2D eigenvalue weighted by Gasteiger charge is 2.45. The number of carboxylic acids is 1. The predicted molar refractivity (Wildman–Crippen MR) is 403 cm³/mol. The summed E-state index contributed by atoms with van der Waals surface area (Å²) in [6, 6.07) is 22.8. The van der Waals surface area contributed by atoms with Crippen LogP contribution in [0.5, 0.6) is 0 Å². The zero-order chi connectivity index (χ0) is 81.5. The van der Waals surface area contributed by atoms with E-state index in [1.807, 2.05) is 74.5 Å². The van der Waals surface area contributed by atoms with Crippen molar-refractivity contribution in [3.05, 3.63) is 174 Å². The second-order valence-electron chi connectivity index (χ2n) is 28.7. The van der Waals surface area contributed by atoms with Crippen LogP contribution < -0.4 is 32.1 Å². The molecule has 6 aromatic rings. The average Bonchev–Trinajstić information content (AvgIpc) is 1.00. The third-order valence-electron chi connectivity index (χ3n) is 19.4. The molecule has 0 unspecified atom stereocenters. The van der Waals surface area contributed by atoms with Gasteiger partial charge in [-0.15, -0.1) is 0 Å². The van der Waals surface area contributed by atoms with Crippen LogP contribution in [0.3, 0.4) is 0 Å². The normalized spacial score (nSPS) is 21.1. The van der Waals surface area contributed by atoms with Crippen molar-refractivity contribution in [1.82, 2.24) is 52.1 Å². The molecule has 2 aromatic heterocycles. The van der Waals surface area contributed by atoms with E-state index in [2.05, 4.69) is 36.9 Å². The number of benzene rings is 4. The van der Waals surface area contributed by atoms with Gasteiger partial charge in [0.25, 0.3) is 29.1 Å². The summed E-state index contributed by atoms with van der Waals surface area (Å²) in [7, 11) is 0. The van der Waals surface area contributed by atoms with E-state index in [0.717, 1.165) is 39.5 Å². The molecule has 4 fully saturated rings. The number of aromatic nitrogens is 2. The number of carbonyl (C=O) groups excluding carboxylic acids is 9. The number of hydrogen-bond donors (Lipinski definition) is 8. The number of esters is 3. The SMILES string of the molecule is CC(C)[C@@H]1OC(=O)C2(/C=C/c3ccc4ccc(nc4c3)[C@@H](C)NC(=O)[C@@H]3CCCN(N3)C(=O)[C@H](C)NC1=O)COCOC2.CC(C)[C@H](O)C(=O)N[C@@H](C)C(=O)N1CCC[C@@H](C(=O)N[C@H](C)c2ccc3ccc(/C=C/C4(C(=O)O)COCOC4)cc3n2)N1.Cc1cccc([N+](=O)[O-])c1C(=O)OC(=O)c1c(C)cccc1[N+](=O)[O-]. The van der Waals surface area contributed by atoms with E-state index in [0.29, 0.717) is 55.7 Å². The van der Waals surface area contributed by atoms with Gasteiger partial charge in [-0.05, 0) is 126 Å². The number of aliphatic carboxylic acids is 1. The zero-order valence-corrected chi connectivity index (χ0v) is 63.5. The summed E-state index contributed by atoms with van der Waals surface area (Å²) in [5.41, 5.74) is 6.39. The molecule has 596 valence electrons. The minimum atomic E-state index is -1.29. The van der Waals surface area contributed by atoms with E-state index in [1.165, 1.54) is 55.1 Å². The van der Waals surface area contributed by atoms with Gasteiger partial charge < -0.3 is 59.9 Å². The molecular formula is C78H92N12O22. The van der Waals surface area contributed by atoms with Gasteiger partial charge in [-0.25, -0.2) is 20.4 Å². The number of fused-ring (bicyclic) bond motifs is 5. The number of aryl methyl sites for hydroxylation is 2. The van der Waals surface area contributed by atoms with Crippen LogP contribution >= 0.6 is 0 Å². The molecule has 8 N–H and O–H groups in total. The summed E-state index contributed by atoms with van der Waals surface area (Å²) < 4.78 is 32.0. The molecule has 7 heterocycles. The molecule has 5 aliphatic rings. The van der Waals surface area contributed by atoms with Gasteiger partial charge in [0, 0.05) is 36.0 Å². The number of rotatable bonds is 15. The molecule has 112 heavy (non-hydrogen) atoms. The van der Waals surface area contributed by atoms with E-state index in [4.69, 9.17) is 33.7 Å². The minimum Gasteiger partial charge on any atom is -0.480 e. The Morgan fingerprint density at radius 2 is 1.28 bits per heavy atom. The second-order valence-corrected chi connectivity index (χ2v) is 28.7. The minimum absolute atomic E-state index is 0.0125. The lowest BCUT2D eigenvalue weighted by molar-refractivity contribution is -0.385. The van der Waals surface area contributed by atoms with Gasteiger partial charge in [-0.3, -0.25) is 78.6 Å². The topological polar surface area (TPSA) is 457 Å². The lowest BCUT2D eigenvalue weighted by atomic mass is 9.88. The molecule has 5 aliphatic heterocycles. The maximum atomic E-state index is 13.7. The Balaban J connectivity index is 0.000000201. The van der Waals surface area contributed by atoms with Gasteiger partial charge in [0.15, 0.2) is 6.10 Å². The number of cyclic esters (lactones) is 1. The largest absolute Gasteiger partial charge is 0.480 e. The summed E-state index contributed by atoms with van der Waals surface area (Å²) in [4.78, 5) is 158. The summed E-state index contributed by atoms with van der Waals surface area (Å²) in [5.74, 6) is -7.42. The Kier molecular flexibility index (Phi) is 28.4. The summed E-state index contributed by atoms with van der Waals surface area (Å²) in [6.45, 7) is 17.5. The number of nitrogens with one attached hydrogen (secondary N) is 6. The maximum absolute atomic E-state index is 13.7. The summed E-state index contributed by atoms with van der Waals surface area (Å²) >= 11 is 0. The van der Waals surface area contributed by atoms with Crippen LogP contribution in [-0.4, -0.2) is 189 Å². The van der Waals surface area contributed by atoms with Gasteiger partial charge in [0.05, 0.1) is 70.8 Å². The first-order chi connectivity index (χ1) is 53.2. The maximum Gasteiger partial charge on any atom is 0.353 e. The number of ether oxygens (including phenoxy) is 6. The van der Waals surface area contributed by atoms with E-state index in [-0.39, 0.29) is 92.0 Å². The number of nitrogens with zero attached hydrogens (tertiary/aromatic N) is 6. The Hall–Kier alpha value is -11.4. The fourth-order valence-electron chi connectivity index (χ4n) is 12.8. The van der Waals surface area contributed by atoms with E-state index < -0.39 is 122 Å². The number of hydrazine groups is 2. The quantitative estimate of drug-likeness (QED) is 0.0231. The molecule has 8 atom stereocenters. The van der Waals surface area contributed by atoms with Gasteiger partial charge in [0.1, 0.15) is 65.8 Å². The Labute approximate surface area is 643 Å². The number of aliphatic hydroxyl groups is 1. The fourth-order valence-corrected chi connectivity index (χ4v) is 12.8. The lowest BCUT2D eigenvalue weighted by Crippen LogP contribution is -2.61. The van der Waals surface area contributed by atoms with Crippen LogP contribution in [0.1, 0.15) is 148 Å². The molecule has 0 radical (unpaired) electrons. The molecule has 4 saturated heterocycles. The van der Waals surface area contributed by atoms with Gasteiger partial charge in [0.2, 0.25) is 17.7 Å². The Morgan fingerprint density at radius 1 is 0.696 bits per heavy atom. The summed E-state index contributed by atoms with van der Waals surface area (Å²) in [6.07, 6.45) is 6.64. The first kappa shape index (κ1) is 84.6. The smallest absolute Gasteiger partial charge is 0.353 e. The van der Waals surface area contributed by atoms with Crippen molar-refractivity contribution in [2.75, 3.05) is 53.1 Å². The number of aliphatic hydroxyl groups excluding tert-OH is 1. The number of carboxylic acid groups (broad SMARTS) is 1. The average molecular weight is 1550 g/mol. The van der Waals surface area contributed by atoms with Crippen molar-refractivity contribution < 1.29 is 96.4 Å². The zero-order valence-electron chi connectivity index (χ0n) is 63.5. The van der Waals surface area contributed by atoms with Crippen molar-refractivity contribution >= 4 is 105 Å². The van der Waals surface area contributed by atoms with Crippen molar-refractivity contribution in [3.8, 4) is 0 Å². The highest BCUT2D eigenvalue weighted by Crippen LogP contribution is 2.33. The third kappa shape index (κ3) is 20.8. The van der Waals surface area contributed by atoms with Crippen LogP contribution in [0, 0.1) is 56.7 Å². The number of nitro groups is 2. The van der Waals surface area contributed by atoms with Crippen LogP contribution in [0.25, 0.3) is 34.0 Å². The second kappa shape index (κ2) is 37.5. The molecule has 0 aliphatic carbocycles. The first-order valence-corrected chi connectivity index (χ1v) is 36.4. The summed E-state index contributed by atoms with van der Waals surface area (Å²) in [5, 5.41) is 57.5. The number of pyridine rings is 2. The highest BCUT2D eigenvalue weighted by molar-refractivity contribution is 6.07. The highest BCUT2D eigenvalue weighted by atomic mass is 16.7. The fraction of sp³-hybridized carbons (Fsp3) is 0.436. The van der Waals surface area contributed by atoms with Crippen LogP contribution in [0.2, 0.25) is 0 Å². The van der Waals surface area contributed by atoms with Crippen LogP contribution in [0.4, 0.5) is 11.4 Å². The number of nitro benzene ring substituents is 2. The third-order valence-corrected chi connectivity index (χ3v) is 19.4. The van der Waals surface area contributed by atoms with Gasteiger partial charge in [-0.1, -0.05) is 113 Å². The van der Waals surface area contributed by atoms with Crippen molar-refractivity contribution in [3.63, 3.8) is 0 Å². The molecule has 5 bridgehead atoms. The lowest BCUT2D eigenvalue weighted by Gasteiger charge is -2.36. The van der Waals surface area contributed by atoms with Gasteiger partial charge in [-0.2, -0.15) is 0 Å². The Morgan fingerprint density at radius 3 is 1.88 bits per heavy atom. The monoisotopic (exact) mass is 1550 g/mol. The van der Waals surface area contributed by atoms with E-state index in [1.54, 1.807) is 58.9 Å². The molecule has 34 heteroatoms. The number of carbonyl (C=O) groups is 10. The van der Waals surface area contributed by atoms with Crippen molar-refractivity contribution in [2.45, 2.75) is 143 Å². The molecule has 1 spiro atoms. The predicted octanol–water partition coefficient (Wildman–Crippen LogP) is 6.63. The van der Waals surface area contributed by atoms with Crippen LogP contribution in [-0.2, 0) is 66.8 Å². The van der Waals surface area contributed by atoms with Gasteiger partial charge >= 0.3 is 23.9 Å². The first-order valence-electron chi connectivity index (χ1n) is 36.4. The van der Waals surface area contributed by atoms with Crippen molar-refractivity contribution in [2.24, 2.45) is 22.7 Å². The molecule has 34 nitrogen and oxygen atoms in total. The number of hydrogen-bond acceptors (Lipinski definition) is 25. The van der Waals surface area contributed by atoms with E-state index >= 15 is 0 Å². The molecule has 0 saturated carbocycles. The van der Waals surface area contributed by atoms with Crippen LogP contribution in [0.15, 0.2) is 109 Å². The number of amides is 6. The molecule has 11 rings (SSSR count). The standard InChI is InChI=1S/C31H41N5O8.C31H39N5O7.C16H12N2O7/c1-18(2)26(37)28(39)33-20(4)29(40)36-13-5-6-24(35-36)27(38)32-19(3)23-10-9-22-8-7-21(14-25(22)34-23)11-12-31(30(41)42)15-43-17-44-16-31;1-18(2)26-28(38)33-20(4)29(39)36-13-5-6-24(35-36)27(37)32-19(3)23-10-9-22-8-7-21(14-25(22)34-23)11-12-31(30(40)43-26)15-41-17-42-16-31;1-9-5-3-7-11(17(21)22)13(9)15(19)25-16(20)14-10(2)6-4-8-12(14)18(23)24/h7-12,14,18-20,24,26,35,37H,5-6,13,15-17H2,1-4H3,(H,32,38)(H,33,39)(H,41,42);7-12,14,18-20,24,26,35H,5-6,13,15-17H2,1-4H3,(H,32,37)(H,33,38);3-8H,1-2H3/b2*12-11+;/t2*19-,20+,24+,26+;/m11./s1. The van der Waals surface area contributed by atoms with E-state index in [9.17, 15) is 78.4 Å². The molecular weight excluding hydrogens is 1460 g/mol. The molecule has 6 amide bonds. The Bertz CT molecular complexity index is 4560.